The Labute approximate surface area is 106 Å². The molecule has 0 radical (unpaired) electrons. The molecule has 17 heavy (non-hydrogen) atoms. The van der Waals surface area contributed by atoms with Gasteiger partial charge in [-0.15, -0.1) is 0 Å². The van der Waals surface area contributed by atoms with Crippen molar-refractivity contribution in [1.82, 2.24) is 9.55 Å². The van der Waals surface area contributed by atoms with Gasteiger partial charge in [-0.05, 0) is 44.0 Å². The maximum Gasteiger partial charge on any atom is 0.168 e. The molecular weight excluding hydrogens is 230 g/mol. The monoisotopic (exact) mass is 249 g/mol. The van der Waals surface area contributed by atoms with Crippen molar-refractivity contribution in [3.63, 3.8) is 0 Å². The van der Waals surface area contributed by atoms with Crippen LogP contribution in [-0.2, 0) is 7.05 Å². The number of nitrogens with zero attached hydrogens (tertiary/aromatic N) is 2. The van der Waals surface area contributed by atoms with Gasteiger partial charge in [0.1, 0.15) is 0 Å². The molecule has 1 heterocycles. The van der Waals surface area contributed by atoms with Crippen molar-refractivity contribution in [3.05, 3.63) is 23.8 Å². The van der Waals surface area contributed by atoms with E-state index in [-0.39, 0.29) is 0 Å². The average molecular weight is 249 g/mol. The molecule has 2 aromatic rings. The molecule has 0 spiro atoms. The van der Waals surface area contributed by atoms with Crippen LogP contribution in [0.15, 0.2) is 23.4 Å². The van der Waals surface area contributed by atoms with Crippen molar-refractivity contribution in [2.24, 2.45) is 12.8 Å². The van der Waals surface area contributed by atoms with E-state index >= 15 is 0 Å². The number of fused-ring (bicyclic) bond motifs is 1. The molecule has 3 nitrogen and oxygen atoms in total. The Balaban J connectivity index is 2.15. The number of aromatic nitrogens is 2. The zero-order valence-electron chi connectivity index (χ0n) is 10.4. The summed E-state index contributed by atoms with van der Waals surface area (Å²) in [6, 6.07) is 6.41. The highest BCUT2D eigenvalue weighted by Crippen LogP contribution is 2.24. The molecule has 0 fully saturated rings. The number of hydrogen-bond acceptors (Lipinski definition) is 3. The second kappa shape index (κ2) is 5.56. The van der Waals surface area contributed by atoms with Crippen molar-refractivity contribution in [2.45, 2.75) is 24.9 Å². The minimum atomic E-state index is 0.780. The van der Waals surface area contributed by atoms with Crippen LogP contribution in [-0.4, -0.2) is 21.8 Å². The Hall–Kier alpha value is -1.00. The molecule has 0 aliphatic rings. The van der Waals surface area contributed by atoms with Crippen LogP contribution < -0.4 is 5.73 Å². The standard InChI is InChI=1S/C13H19N3S/c1-10-5-6-12-11(9-10)15-13(16(12)2)17-8-4-3-7-14/h5-6,9H,3-4,7-8,14H2,1-2H3. The molecule has 1 aromatic carbocycles. The second-order valence-corrected chi connectivity index (χ2v) is 5.35. The fraction of sp³-hybridized carbons (Fsp3) is 0.462. The summed E-state index contributed by atoms with van der Waals surface area (Å²) in [7, 11) is 2.08. The van der Waals surface area contributed by atoms with Crippen LogP contribution in [0.1, 0.15) is 18.4 Å². The molecule has 0 saturated carbocycles. The number of imidazole rings is 1. The first kappa shape index (κ1) is 12.5. The van der Waals surface area contributed by atoms with Crippen LogP contribution in [0, 0.1) is 6.92 Å². The summed E-state index contributed by atoms with van der Waals surface area (Å²) in [4.78, 5) is 4.67. The molecule has 0 unspecified atom stereocenters. The van der Waals surface area contributed by atoms with E-state index in [1.165, 1.54) is 11.1 Å². The highest BCUT2D eigenvalue weighted by molar-refractivity contribution is 7.99. The smallest absolute Gasteiger partial charge is 0.168 e. The van der Waals surface area contributed by atoms with Gasteiger partial charge in [-0.1, -0.05) is 17.8 Å². The molecule has 0 aliphatic heterocycles. The van der Waals surface area contributed by atoms with E-state index in [9.17, 15) is 0 Å². The second-order valence-electron chi connectivity index (χ2n) is 4.29. The summed E-state index contributed by atoms with van der Waals surface area (Å²) >= 11 is 1.81. The number of nitrogens with two attached hydrogens (primary N) is 1. The molecule has 0 saturated heterocycles. The van der Waals surface area contributed by atoms with Crippen molar-refractivity contribution in [1.29, 1.82) is 0 Å². The lowest BCUT2D eigenvalue weighted by atomic mass is 10.2. The van der Waals surface area contributed by atoms with Crippen molar-refractivity contribution < 1.29 is 0 Å². The molecule has 0 bridgehead atoms. The normalized spacial score (nSPS) is 11.2. The number of unbranched alkanes of at least 4 members (excludes halogenated alkanes) is 1. The maximum absolute atomic E-state index is 5.49. The van der Waals surface area contributed by atoms with Gasteiger partial charge < -0.3 is 10.3 Å². The number of aryl methyl sites for hydroxylation is 2. The number of rotatable bonds is 5. The van der Waals surface area contributed by atoms with Crippen LogP contribution >= 0.6 is 11.8 Å². The van der Waals surface area contributed by atoms with E-state index in [0.717, 1.165) is 35.8 Å². The van der Waals surface area contributed by atoms with Crippen LogP contribution in [0.5, 0.6) is 0 Å². The van der Waals surface area contributed by atoms with Gasteiger partial charge in [-0.25, -0.2) is 4.98 Å². The van der Waals surface area contributed by atoms with Gasteiger partial charge in [-0.2, -0.15) is 0 Å². The summed E-state index contributed by atoms with van der Waals surface area (Å²) in [5.74, 6) is 1.09. The molecule has 92 valence electrons. The third-order valence-corrected chi connectivity index (χ3v) is 3.94. The summed E-state index contributed by atoms with van der Waals surface area (Å²) in [6.07, 6.45) is 2.25. The highest BCUT2D eigenvalue weighted by Gasteiger charge is 2.07. The van der Waals surface area contributed by atoms with Crippen LogP contribution in [0.4, 0.5) is 0 Å². The average Bonchev–Trinajstić information content (AvgIpc) is 2.61. The van der Waals surface area contributed by atoms with Gasteiger partial charge in [0.05, 0.1) is 11.0 Å². The van der Waals surface area contributed by atoms with Gasteiger partial charge in [0, 0.05) is 12.8 Å². The zero-order chi connectivity index (χ0) is 12.3. The van der Waals surface area contributed by atoms with Gasteiger partial charge in [0.2, 0.25) is 0 Å². The van der Waals surface area contributed by atoms with Crippen molar-refractivity contribution in [3.8, 4) is 0 Å². The maximum atomic E-state index is 5.49. The van der Waals surface area contributed by atoms with Gasteiger partial charge in [0.25, 0.3) is 0 Å². The third kappa shape index (κ3) is 2.82. The minimum Gasteiger partial charge on any atom is -0.330 e. The van der Waals surface area contributed by atoms with Gasteiger partial charge in [-0.3, -0.25) is 0 Å². The molecule has 1 aromatic heterocycles. The Morgan fingerprint density at radius 3 is 2.94 bits per heavy atom. The van der Waals surface area contributed by atoms with E-state index in [2.05, 4.69) is 41.7 Å². The van der Waals surface area contributed by atoms with E-state index < -0.39 is 0 Å². The molecule has 2 rings (SSSR count). The fourth-order valence-corrected chi connectivity index (χ4v) is 2.81. The quantitative estimate of drug-likeness (QED) is 0.654. The molecular formula is C13H19N3S. The molecule has 0 amide bonds. The van der Waals surface area contributed by atoms with E-state index in [1.807, 2.05) is 11.8 Å². The summed E-state index contributed by atoms with van der Waals surface area (Å²) < 4.78 is 2.17. The SMILES string of the molecule is Cc1ccc2c(c1)nc(SCCCCN)n2C. The minimum absolute atomic E-state index is 0.780. The highest BCUT2D eigenvalue weighted by atomic mass is 32.2. The largest absolute Gasteiger partial charge is 0.330 e. The number of thioether (sulfide) groups is 1. The summed E-state index contributed by atoms with van der Waals surface area (Å²) in [5.41, 5.74) is 9.04. The molecule has 0 atom stereocenters. The lowest BCUT2D eigenvalue weighted by Gasteiger charge is -2.01. The first-order chi connectivity index (χ1) is 8.22. The number of benzene rings is 1. The lowest BCUT2D eigenvalue weighted by molar-refractivity contribution is 0.796. The van der Waals surface area contributed by atoms with Gasteiger partial charge >= 0.3 is 0 Å². The lowest BCUT2D eigenvalue weighted by Crippen LogP contribution is -1.99. The summed E-state index contributed by atoms with van der Waals surface area (Å²) in [5, 5.41) is 1.10. The van der Waals surface area contributed by atoms with E-state index in [1.54, 1.807) is 0 Å². The predicted octanol–water partition coefficient (Wildman–Crippen LogP) is 2.71. The zero-order valence-corrected chi connectivity index (χ0v) is 11.3. The Kier molecular flexibility index (Phi) is 4.07. The Bertz CT molecular complexity index is 505. The molecule has 4 heteroatoms. The first-order valence-corrected chi connectivity index (χ1v) is 6.97. The number of hydrogen-bond donors (Lipinski definition) is 1. The van der Waals surface area contributed by atoms with Crippen molar-refractivity contribution >= 4 is 22.8 Å². The topological polar surface area (TPSA) is 43.8 Å². The van der Waals surface area contributed by atoms with Gasteiger partial charge in [0.15, 0.2) is 5.16 Å². The summed E-state index contributed by atoms with van der Waals surface area (Å²) in [6.45, 7) is 2.88. The van der Waals surface area contributed by atoms with Crippen LogP contribution in [0.25, 0.3) is 11.0 Å². The van der Waals surface area contributed by atoms with Crippen LogP contribution in [0.3, 0.4) is 0 Å². The third-order valence-electron chi connectivity index (χ3n) is 2.82. The molecule has 2 N–H and O–H groups in total. The Morgan fingerprint density at radius 1 is 1.35 bits per heavy atom. The van der Waals surface area contributed by atoms with E-state index in [4.69, 9.17) is 5.73 Å². The van der Waals surface area contributed by atoms with E-state index in [0.29, 0.717) is 0 Å². The first-order valence-electron chi connectivity index (χ1n) is 5.98. The Morgan fingerprint density at radius 2 is 2.18 bits per heavy atom. The van der Waals surface area contributed by atoms with Crippen molar-refractivity contribution in [2.75, 3.05) is 12.3 Å². The fourth-order valence-electron chi connectivity index (χ4n) is 1.83. The predicted molar refractivity (Wildman–Crippen MR) is 74.5 cm³/mol. The van der Waals surface area contributed by atoms with Crippen LogP contribution in [0.2, 0.25) is 0 Å². The molecule has 0 aliphatic carbocycles.